The molecule has 26 heavy (non-hydrogen) atoms. The number of aromatic nitrogens is 2. The van der Waals surface area contributed by atoms with Crippen molar-refractivity contribution in [1.29, 1.82) is 0 Å². The fourth-order valence-electron chi connectivity index (χ4n) is 2.50. The summed E-state index contributed by atoms with van der Waals surface area (Å²) in [7, 11) is 0. The van der Waals surface area contributed by atoms with Crippen molar-refractivity contribution in [2.24, 2.45) is 0 Å². The number of aliphatic hydroxyl groups is 4. The summed E-state index contributed by atoms with van der Waals surface area (Å²) in [4.78, 5) is 29.3. The number of hydrogen-bond acceptors (Lipinski definition) is 7. The van der Waals surface area contributed by atoms with E-state index in [1.807, 2.05) is 19.9 Å². The zero-order valence-electron chi connectivity index (χ0n) is 14.5. The number of H-pyrrole nitrogens is 2. The average Bonchev–Trinajstić information content (AvgIpc) is 2.59. The van der Waals surface area contributed by atoms with E-state index in [1.165, 1.54) is 4.90 Å². The van der Waals surface area contributed by atoms with Crippen LogP contribution in [0.25, 0.3) is 0 Å². The Labute approximate surface area is 149 Å². The quantitative estimate of drug-likeness (QED) is 0.364. The average molecular weight is 365 g/mol. The Morgan fingerprint density at radius 2 is 1.69 bits per heavy atom. The molecule has 1 heterocycles. The molecule has 0 saturated carbocycles. The molecule has 6 N–H and O–H groups in total. The molecule has 0 saturated heterocycles. The third-order valence-electron chi connectivity index (χ3n) is 4.18. The highest BCUT2D eigenvalue weighted by atomic mass is 16.4. The summed E-state index contributed by atoms with van der Waals surface area (Å²) < 4.78 is 0. The van der Waals surface area contributed by atoms with Gasteiger partial charge in [-0.1, -0.05) is 6.07 Å². The highest BCUT2D eigenvalue weighted by Crippen LogP contribution is 2.25. The fraction of sp³-hybridized carbons (Fsp3) is 0.412. The lowest BCUT2D eigenvalue weighted by Gasteiger charge is -2.30. The summed E-state index contributed by atoms with van der Waals surface area (Å²) in [6, 6.07) is 6.53. The SMILES string of the molecule is Cc1ccc(N(CC(O)C(O)C(O)CO)c2cc(=O)[nH]c(=O)[nH]2)cc1C. The number of aromatic amines is 2. The monoisotopic (exact) mass is 365 g/mol. The van der Waals surface area contributed by atoms with Crippen LogP contribution in [-0.4, -0.2) is 61.9 Å². The lowest BCUT2D eigenvalue weighted by atomic mass is 10.1. The first-order chi connectivity index (χ1) is 12.2. The Hall–Kier alpha value is -2.46. The molecule has 142 valence electrons. The second-order valence-electron chi connectivity index (χ2n) is 6.16. The van der Waals surface area contributed by atoms with Gasteiger partial charge in [0.05, 0.1) is 13.2 Å². The molecule has 9 nitrogen and oxygen atoms in total. The second-order valence-corrected chi connectivity index (χ2v) is 6.16. The van der Waals surface area contributed by atoms with E-state index in [1.54, 1.807) is 12.1 Å². The number of aliphatic hydroxyl groups excluding tert-OH is 4. The summed E-state index contributed by atoms with van der Waals surface area (Å²) in [6.07, 6.45) is -4.59. The molecule has 0 aliphatic carbocycles. The van der Waals surface area contributed by atoms with Crippen LogP contribution in [0.1, 0.15) is 11.1 Å². The van der Waals surface area contributed by atoms with Gasteiger partial charge in [0.25, 0.3) is 5.56 Å². The first-order valence-corrected chi connectivity index (χ1v) is 8.06. The van der Waals surface area contributed by atoms with Crippen molar-refractivity contribution < 1.29 is 20.4 Å². The lowest BCUT2D eigenvalue weighted by Crippen LogP contribution is -2.45. The van der Waals surface area contributed by atoms with E-state index in [-0.39, 0.29) is 12.4 Å². The van der Waals surface area contributed by atoms with Crippen molar-refractivity contribution in [1.82, 2.24) is 9.97 Å². The van der Waals surface area contributed by atoms with E-state index >= 15 is 0 Å². The molecule has 0 amide bonds. The minimum absolute atomic E-state index is 0.117. The molecule has 3 unspecified atom stereocenters. The summed E-state index contributed by atoms with van der Waals surface area (Å²) in [5.41, 5.74) is 1.21. The normalized spacial score (nSPS) is 14.7. The minimum atomic E-state index is -1.61. The number of aryl methyl sites for hydroxylation is 2. The molecule has 0 aliphatic heterocycles. The van der Waals surface area contributed by atoms with Crippen molar-refractivity contribution >= 4 is 11.5 Å². The molecule has 2 rings (SSSR count). The third kappa shape index (κ3) is 4.58. The Balaban J connectivity index is 2.46. The Morgan fingerprint density at radius 1 is 1.00 bits per heavy atom. The topological polar surface area (TPSA) is 150 Å². The molecular weight excluding hydrogens is 342 g/mol. The van der Waals surface area contributed by atoms with Crippen molar-refractivity contribution in [3.8, 4) is 0 Å². The van der Waals surface area contributed by atoms with E-state index in [2.05, 4.69) is 9.97 Å². The van der Waals surface area contributed by atoms with Crippen LogP contribution >= 0.6 is 0 Å². The van der Waals surface area contributed by atoms with E-state index in [9.17, 15) is 24.9 Å². The van der Waals surface area contributed by atoms with Gasteiger partial charge in [-0.15, -0.1) is 0 Å². The number of nitrogens with one attached hydrogen (secondary N) is 2. The number of hydrogen-bond donors (Lipinski definition) is 6. The molecule has 2 aromatic rings. The Morgan fingerprint density at radius 3 is 2.27 bits per heavy atom. The molecule has 1 aromatic heterocycles. The molecule has 0 fully saturated rings. The number of benzene rings is 1. The predicted molar refractivity (Wildman–Crippen MR) is 95.7 cm³/mol. The van der Waals surface area contributed by atoms with Crippen LogP contribution in [0.5, 0.6) is 0 Å². The molecule has 1 aromatic carbocycles. The molecule has 0 aliphatic rings. The van der Waals surface area contributed by atoms with Crippen LogP contribution in [0, 0.1) is 13.8 Å². The number of nitrogens with zero attached hydrogens (tertiary/aromatic N) is 1. The van der Waals surface area contributed by atoms with Crippen molar-refractivity contribution in [2.75, 3.05) is 18.1 Å². The van der Waals surface area contributed by atoms with E-state index in [0.29, 0.717) is 5.69 Å². The van der Waals surface area contributed by atoms with E-state index in [0.717, 1.165) is 17.2 Å². The van der Waals surface area contributed by atoms with Gasteiger partial charge in [-0.25, -0.2) is 4.79 Å². The second kappa shape index (κ2) is 8.28. The fourth-order valence-corrected chi connectivity index (χ4v) is 2.50. The number of rotatable bonds is 7. The van der Waals surface area contributed by atoms with Gasteiger partial charge in [0.1, 0.15) is 24.1 Å². The van der Waals surface area contributed by atoms with Gasteiger partial charge in [0.2, 0.25) is 0 Å². The standard InChI is InChI=1S/C17H23N3O6/c1-9-3-4-11(5-10(9)2)20(7-12(22)16(25)13(23)8-21)14-6-15(24)19-17(26)18-14/h3-6,12-13,16,21-23,25H,7-8H2,1-2H3,(H2,18,19,24,26). The van der Waals surface area contributed by atoms with Crippen LogP contribution in [-0.2, 0) is 0 Å². The Kier molecular flexibility index (Phi) is 6.32. The first kappa shape index (κ1) is 19.9. The lowest BCUT2D eigenvalue weighted by molar-refractivity contribution is -0.0726. The highest BCUT2D eigenvalue weighted by Gasteiger charge is 2.27. The highest BCUT2D eigenvalue weighted by molar-refractivity contribution is 5.61. The van der Waals surface area contributed by atoms with Gasteiger partial charge in [0, 0.05) is 11.8 Å². The van der Waals surface area contributed by atoms with Crippen LogP contribution < -0.4 is 16.1 Å². The van der Waals surface area contributed by atoms with Crippen molar-refractivity contribution in [3.05, 3.63) is 56.2 Å². The van der Waals surface area contributed by atoms with Gasteiger partial charge >= 0.3 is 5.69 Å². The zero-order chi connectivity index (χ0) is 19.4. The number of anilines is 2. The summed E-state index contributed by atoms with van der Waals surface area (Å²) in [6.45, 7) is 2.86. The maximum absolute atomic E-state index is 11.7. The van der Waals surface area contributed by atoms with Gasteiger partial charge in [-0.3, -0.25) is 14.8 Å². The third-order valence-corrected chi connectivity index (χ3v) is 4.18. The maximum atomic E-state index is 11.7. The van der Waals surface area contributed by atoms with E-state index in [4.69, 9.17) is 5.11 Å². The molecule has 3 atom stereocenters. The summed E-state index contributed by atoms with van der Waals surface area (Å²) in [5, 5.41) is 38.6. The first-order valence-electron chi connectivity index (χ1n) is 8.06. The zero-order valence-corrected chi connectivity index (χ0v) is 14.5. The molecular formula is C17H23N3O6. The van der Waals surface area contributed by atoms with Crippen LogP contribution in [0.2, 0.25) is 0 Å². The van der Waals surface area contributed by atoms with Gasteiger partial charge in [-0.2, -0.15) is 0 Å². The minimum Gasteiger partial charge on any atom is -0.394 e. The smallest absolute Gasteiger partial charge is 0.327 e. The Bertz CT molecular complexity index is 834. The van der Waals surface area contributed by atoms with E-state index < -0.39 is 36.2 Å². The van der Waals surface area contributed by atoms with Crippen molar-refractivity contribution in [3.63, 3.8) is 0 Å². The van der Waals surface area contributed by atoms with Crippen LogP contribution in [0.15, 0.2) is 33.9 Å². The summed E-state index contributed by atoms with van der Waals surface area (Å²) in [5.74, 6) is 0.117. The predicted octanol–water partition coefficient (Wildman–Crippen LogP) is -1.11. The van der Waals surface area contributed by atoms with Crippen LogP contribution in [0.3, 0.4) is 0 Å². The van der Waals surface area contributed by atoms with Gasteiger partial charge in [0.15, 0.2) is 0 Å². The summed E-state index contributed by atoms with van der Waals surface area (Å²) >= 11 is 0. The molecule has 9 heteroatoms. The largest absolute Gasteiger partial charge is 0.394 e. The molecule has 0 radical (unpaired) electrons. The molecule has 0 bridgehead atoms. The van der Waals surface area contributed by atoms with Crippen LogP contribution in [0.4, 0.5) is 11.5 Å². The maximum Gasteiger partial charge on any atom is 0.327 e. The van der Waals surface area contributed by atoms with Crippen molar-refractivity contribution in [2.45, 2.75) is 32.2 Å². The van der Waals surface area contributed by atoms with Gasteiger partial charge < -0.3 is 25.3 Å². The van der Waals surface area contributed by atoms with Gasteiger partial charge in [-0.05, 0) is 37.1 Å². The molecule has 0 spiro atoms.